The van der Waals surface area contributed by atoms with Crippen LogP contribution < -0.4 is 5.32 Å². The summed E-state index contributed by atoms with van der Waals surface area (Å²) in [5.74, 6) is -0.937. The Kier molecular flexibility index (Phi) is 7.67. The van der Waals surface area contributed by atoms with Gasteiger partial charge < -0.3 is 10.1 Å². The summed E-state index contributed by atoms with van der Waals surface area (Å²) in [6, 6.07) is 7.59. The monoisotopic (exact) mass is 415 g/mol. The fourth-order valence-electron chi connectivity index (χ4n) is 2.80. The summed E-state index contributed by atoms with van der Waals surface area (Å²) in [6.07, 6.45) is 2.98. The van der Waals surface area contributed by atoms with Crippen LogP contribution in [-0.4, -0.2) is 34.6 Å². The third-order valence-corrected chi connectivity index (χ3v) is 5.35. The van der Waals surface area contributed by atoms with Gasteiger partial charge in [-0.2, -0.15) is 0 Å². The maximum atomic E-state index is 12.8. The van der Waals surface area contributed by atoms with Crippen LogP contribution in [0.4, 0.5) is 5.13 Å². The predicted octanol–water partition coefficient (Wildman–Crippen LogP) is 4.74. The van der Waals surface area contributed by atoms with E-state index >= 15 is 0 Å². The summed E-state index contributed by atoms with van der Waals surface area (Å²) < 4.78 is 5.29. The van der Waals surface area contributed by atoms with E-state index in [1.807, 2.05) is 38.1 Å². The van der Waals surface area contributed by atoms with Gasteiger partial charge in [0.25, 0.3) is 0 Å². The number of aryl methyl sites for hydroxylation is 1. The zero-order valence-electron chi connectivity index (χ0n) is 17.7. The van der Waals surface area contributed by atoms with Gasteiger partial charge in [-0.05, 0) is 39.2 Å². The second kappa shape index (κ2) is 9.78. The van der Waals surface area contributed by atoms with Crippen LogP contribution in [0.25, 0.3) is 0 Å². The summed E-state index contributed by atoms with van der Waals surface area (Å²) >= 11 is 1.28. The van der Waals surface area contributed by atoms with E-state index in [1.54, 1.807) is 27.0 Å². The number of anilines is 1. The predicted molar refractivity (Wildman–Crippen MR) is 117 cm³/mol. The van der Waals surface area contributed by atoms with Crippen LogP contribution in [0.5, 0.6) is 0 Å². The lowest BCUT2D eigenvalue weighted by Crippen LogP contribution is -2.34. The first-order chi connectivity index (χ1) is 13.7. The van der Waals surface area contributed by atoms with E-state index in [1.165, 1.54) is 11.3 Å². The molecule has 0 bridgehead atoms. The normalized spacial score (nSPS) is 12.3. The summed E-state index contributed by atoms with van der Waals surface area (Å²) in [5, 5.41) is 11.9. The number of thiazole rings is 1. The highest BCUT2D eigenvalue weighted by Crippen LogP contribution is 2.24. The van der Waals surface area contributed by atoms with Crippen molar-refractivity contribution in [3.63, 3.8) is 0 Å². The lowest BCUT2D eigenvalue weighted by Gasteiger charge is -2.22. The second-order valence-corrected chi connectivity index (χ2v) is 8.80. The molecule has 1 aromatic heterocycles. The Balaban J connectivity index is 2.03. The van der Waals surface area contributed by atoms with Gasteiger partial charge in [0.15, 0.2) is 5.13 Å². The van der Waals surface area contributed by atoms with E-state index in [2.05, 4.69) is 10.3 Å². The molecule has 0 saturated carbocycles. The minimum Gasteiger partial charge on any atom is -0.455 e. The van der Waals surface area contributed by atoms with Crippen molar-refractivity contribution in [3.05, 3.63) is 46.5 Å². The molecule has 156 valence electrons. The van der Waals surface area contributed by atoms with Gasteiger partial charge in [0.2, 0.25) is 5.78 Å². The number of hydrogen-bond donors (Lipinski definition) is 2. The first kappa shape index (κ1) is 22.7. The number of carbonyl (C=O) groups is 2. The topological polar surface area (TPSA) is 92.1 Å². The van der Waals surface area contributed by atoms with Gasteiger partial charge in [-0.25, -0.2) is 9.78 Å². The van der Waals surface area contributed by atoms with E-state index in [9.17, 15) is 9.59 Å². The minimum absolute atomic E-state index is 0.0402. The van der Waals surface area contributed by atoms with Crippen LogP contribution in [0.2, 0.25) is 0 Å². The molecule has 1 aromatic carbocycles. The zero-order valence-corrected chi connectivity index (χ0v) is 18.5. The highest BCUT2D eigenvalue weighted by Gasteiger charge is 2.25. The second-order valence-electron chi connectivity index (χ2n) is 7.77. The number of benzene rings is 1. The number of nitrogens with zero attached hydrogens (tertiary/aromatic N) is 1. The van der Waals surface area contributed by atoms with Crippen molar-refractivity contribution in [1.82, 2.24) is 4.98 Å². The van der Waals surface area contributed by atoms with Gasteiger partial charge in [-0.3, -0.25) is 10.2 Å². The average molecular weight is 416 g/mol. The fraction of sp³-hybridized carbons (Fsp3) is 0.455. The van der Waals surface area contributed by atoms with Gasteiger partial charge >= 0.3 is 5.97 Å². The Morgan fingerprint density at radius 1 is 1.24 bits per heavy atom. The molecule has 0 aliphatic heterocycles. The van der Waals surface area contributed by atoms with Gasteiger partial charge in [-0.1, -0.05) is 49.4 Å². The third-order valence-electron chi connectivity index (χ3n) is 4.39. The average Bonchev–Trinajstić information content (AvgIpc) is 3.15. The third kappa shape index (κ3) is 6.22. The standard InChI is InChI=1S/C22H29N3O3S/c1-6-14-10-8-9-11-16(14)19(26)17-13-25-21(29-17)24-12-15(7-2)18(23)20(27)28-22(3,4)5/h8-11,13,15,23H,6-7,12H2,1-5H3,(H,24,25)/t15-/m0/s1. The SMILES string of the molecule is CCc1ccccc1C(=O)c1cnc(NC[C@H](CC)C(=N)C(=O)OC(C)(C)C)s1. The summed E-state index contributed by atoms with van der Waals surface area (Å²) in [5.41, 5.74) is 1.02. The smallest absolute Gasteiger partial charge is 0.352 e. The Labute approximate surface area is 176 Å². The summed E-state index contributed by atoms with van der Waals surface area (Å²) in [7, 11) is 0. The van der Waals surface area contributed by atoms with Crippen LogP contribution in [0.3, 0.4) is 0 Å². The number of esters is 1. The first-order valence-corrected chi connectivity index (χ1v) is 10.6. The van der Waals surface area contributed by atoms with Crippen molar-refractivity contribution in [2.75, 3.05) is 11.9 Å². The molecule has 0 radical (unpaired) electrons. The van der Waals surface area contributed by atoms with E-state index in [0.717, 1.165) is 12.0 Å². The molecule has 1 heterocycles. The van der Waals surface area contributed by atoms with Crippen molar-refractivity contribution >= 4 is 33.9 Å². The van der Waals surface area contributed by atoms with Crippen LogP contribution in [0, 0.1) is 11.3 Å². The molecule has 7 heteroatoms. The Bertz CT molecular complexity index is 883. The quantitative estimate of drug-likeness (QED) is 0.351. The summed E-state index contributed by atoms with van der Waals surface area (Å²) in [4.78, 5) is 29.8. The number of ketones is 1. The van der Waals surface area contributed by atoms with Crippen molar-refractivity contribution in [2.45, 2.75) is 53.1 Å². The summed E-state index contributed by atoms with van der Waals surface area (Å²) in [6.45, 7) is 9.66. The molecule has 2 aromatic rings. The van der Waals surface area contributed by atoms with Gasteiger partial charge in [-0.15, -0.1) is 0 Å². The van der Waals surface area contributed by atoms with E-state index < -0.39 is 11.6 Å². The highest BCUT2D eigenvalue weighted by molar-refractivity contribution is 7.17. The Morgan fingerprint density at radius 2 is 1.93 bits per heavy atom. The molecule has 6 nitrogen and oxygen atoms in total. The molecule has 0 aliphatic carbocycles. The number of nitrogens with one attached hydrogen (secondary N) is 2. The largest absolute Gasteiger partial charge is 0.455 e. The van der Waals surface area contributed by atoms with Gasteiger partial charge in [0, 0.05) is 18.0 Å². The van der Waals surface area contributed by atoms with Crippen LogP contribution >= 0.6 is 11.3 Å². The first-order valence-electron chi connectivity index (χ1n) is 9.80. The zero-order chi connectivity index (χ0) is 21.6. The highest BCUT2D eigenvalue weighted by atomic mass is 32.1. The Morgan fingerprint density at radius 3 is 2.55 bits per heavy atom. The molecule has 0 amide bonds. The molecule has 0 fully saturated rings. The molecule has 0 saturated heterocycles. The van der Waals surface area contributed by atoms with Crippen molar-refractivity contribution in [3.8, 4) is 0 Å². The van der Waals surface area contributed by atoms with Crippen molar-refractivity contribution < 1.29 is 14.3 Å². The maximum absolute atomic E-state index is 12.8. The van der Waals surface area contributed by atoms with Gasteiger partial charge in [0.05, 0.1) is 11.1 Å². The number of aromatic nitrogens is 1. The minimum atomic E-state index is -0.631. The van der Waals surface area contributed by atoms with Crippen LogP contribution in [-0.2, 0) is 16.0 Å². The van der Waals surface area contributed by atoms with Crippen LogP contribution in [0.1, 0.15) is 61.8 Å². The molecule has 29 heavy (non-hydrogen) atoms. The van der Waals surface area contributed by atoms with Crippen molar-refractivity contribution in [2.24, 2.45) is 5.92 Å². The van der Waals surface area contributed by atoms with E-state index in [-0.39, 0.29) is 17.4 Å². The molecule has 2 N–H and O–H groups in total. The van der Waals surface area contributed by atoms with E-state index in [4.69, 9.17) is 10.1 Å². The number of hydrogen-bond acceptors (Lipinski definition) is 7. The molecule has 0 spiro atoms. The number of rotatable bonds is 9. The molecule has 2 rings (SSSR count). The molecule has 0 aliphatic rings. The molecule has 1 atom stereocenters. The Hall–Kier alpha value is -2.54. The van der Waals surface area contributed by atoms with Gasteiger partial charge in [0.1, 0.15) is 11.3 Å². The van der Waals surface area contributed by atoms with Crippen LogP contribution in [0.15, 0.2) is 30.5 Å². The van der Waals surface area contributed by atoms with E-state index in [0.29, 0.717) is 28.5 Å². The number of ether oxygens (including phenoxy) is 1. The van der Waals surface area contributed by atoms with Crippen molar-refractivity contribution in [1.29, 1.82) is 5.41 Å². The molecular formula is C22H29N3O3S. The molecule has 0 unspecified atom stereocenters. The fourth-order valence-corrected chi connectivity index (χ4v) is 3.58. The number of carbonyl (C=O) groups excluding carboxylic acids is 2. The maximum Gasteiger partial charge on any atom is 0.352 e. The lowest BCUT2D eigenvalue weighted by atomic mass is 10.00. The lowest BCUT2D eigenvalue weighted by molar-refractivity contribution is -0.146. The molecular weight excluding hydrogens is 386 g/mol.